The zero-order valence-corrected chi connectivity index (χ0v) is 23.2. The number of rotatable bonds is 8. The van der Waals surface area contributed by atoms with Crippen molar-refractivity contribution in [2.24, 2.45) is 5.14 Å². The summed E-state index contributed by atoms with van der Waals surface area (Å²) in [5.41, 5.74) is 0.857. The van der Waals surface area contributed by atoms with Crippen LogP contribution in [0, 0.1) is 5.82 Å². The van der Waals surface area contributed by atoms with E-state index < -0.39 is 26.9 Å². The van der Waals surface area contributed by atoms with Gasteiger partial charge in [-0.3, -0.25) is 9.59 Å². The maximum atomic E-state index is 15.4. The summed E-state index contributed by atoms with van der Waals surface area (Å²) in [7, 11) is -4.01. The highest BCUT2D eigenvalue weighted by molar-refractivity contribution is 7.89. The zero-order valence-electron chi connectivity index (χ0n) is 22.4. The van der Waals surface area contributed by atoms with E-state index in [1.165, 1.54) is 22.9 Å². The van der Waals surface area contributed by atoms with Gasteiger partial charge in [-0.15, -0.1) is 0 Å². The first-order chi connectivity index (χ1) is 18.3. The average molecular weight is 554 g/mol. The van der Waals surface area contributed by atoms with Gasteiger partial charge in [0.2, 0.25) is 15.9 Å². The Bertz CT molecular complexity index is 1720. The summed E-state index contributed by atoms with van der Waals surface area (Å²) >= 11 is 0. The molecule has 3 N–H and O–H groups in total. The molecular weight excluding hydrogens is 521 g/mol. The SMILES string of the molecule is CCCc1nc2ccn(CC(=O)NC(C)(C)C)c(=O)c2n1Cc1ccc(-c2ccccc2S(N)(=O)=O)cc1F. The van der Waals surface area contributed by atoms with Crippen LogP contribution in [0.1, 0.15) is 45.5 Å². The molecule has 2 heterocycles. The Balaban J connectivity index is 1.75. The summed E-state index contributed by atoms with van der Waals surface area (Å²) in [6.07, 6.45) is 2.87. The summed E-state index contributed by atoms with van der Waals surface area (Å²) in [5, 5.41) is 8.20. The van der Waals surface area contributed by atoms with Crippen LogP contribution in [0.15, 0.2) is 64.4 Å². The van der Waals surface area contributed by atoms with Gasteiger partial charge in [0.15, 0.2) is 0 Å². The van der Waals surface area contributed by atoms with Crippen molar-refractivity contribution in [1.29, 1.82) is 0 Å². The van der Waals surface area contributed by atoms with Crippen molar-refractivity contribution in [2.75, 3.05) is 0 Å². The predicted octanol–water partition coefficient (Wildman–Crippen LogP) is 3.57. The second kappa shape index (κ2) is 10.7. The fraction of sp³-hybridized carbons (Fsp3) is 0.321. The largest absolute Gasteiger partial charge is 0.350 e. The van der Waals surface area contributed by atoms with Gasteiger partial charge in [0.05, 0.1) is 17.0 Å². The van der Waals surface area contributed by atoms with Crippen LogP contribution in [-0.2, 0) is 34.3 Å². The third kappa shape index (κ3) is 6.26. The molecule has 2 aromatic heterocycles. The monoisotopic (exact) mass is 553 g/mol. The van der Waals surface area contributed by atoms with Crippen LogP contribution in [0.25, 0.3) is 22.2 Å². The lowest BCUT2D eigenvalue weighted by atomic mass is 10.0. The van der Waals surface area contributed by atoms with Crippen LogP contribution in [0.3, 0.4) is 0 Å². The first kappa shape index (κ1) is 28.2. The van der Waals surface area contributed by atoms with E-state index >= 15 is 4.39 Å². The van der Waals surface area contributed by atoms with E-state index in [0.717, 1.165) is 6.42 Å². The number of imidazole rings is 1. The van der Waals surface area contributed by atoms with Gasteiger partial charge in [0.1, 0.15) is 23.7 Å². The van der Waals surface area contributed by atoms with Gasteiger partial charge in [0.25, 0.3) is 5.56 Å². The quantitative estimate of drug-likeness (QED) is 0.345. The number of nitrogens with one attached hydrogen (secondary N) is 1. The normalized spacial score (nSPS) is 12.2. The van der Waals surface area contributed by atoms with Gasteiger partial charge >= 0.3 is 0 Å². The van der Waals surface area contributed by atoms with Gasteiger partial charge in [-0.2, -0.15) is 0 Å². The second-order valence-corrected chi connectivity index (χ2v) is 12.0. The van der Waals surface area contributed by atoms with Crippen molar-refractivity contribution >= 4 is 27.0 Å². The molecule has 0 fully saturated rings. The number of primary sulfonamides is 1. The number of hydrogen-bond donors (Lipinski definition) is 2. The van der Waals surface area contributed by atoms with E-state index in [1.54, 1.807) is 41.0 Å². The Morgan fingerprint density at radius 2 is 1.85 bits per heavy atom. The van der Waals surface area contributed by atoms with Gasteiger partial charge < -0.3 is 14.5 Å². The number of aromatic nitrogens is 3. The average Bonchev–Trinajstić information content (AvgIpc) is 3.18. The van der Waals surface area contributed by atoms with Crippen molar-refractivity contribution in [3.05, 3.63) is 82.3 Å². The molecule has 9 nitrogen and oxygen atoms in total. The van der Waals surface area contributed by atoms with Gasteiger partial charge in [0, 0.05) is 29.3 Å². The molecule has 0 bridgehead atoms. The van der Waals surface area contributed by atoms with Crippen molar-refractivity contribution in [2.45, 2.75) is 64.1 Å². The highest BCUT2D eigenvalue weighted by Crippen LogP contribution is 2.28. The lowest BCUT2D eigenvalue weighted by Crippen LogP contribution is -2.43. The van der Waals surface area contributed by atoms with Crippen molar-refractivity contribution in [3.8, 4) is 11.1 Å². The fourth-order valence-electron chi connectivity index (χ4n) is 4.51. The van der Waals surface area contributed by atoms with E-state index in [0.29, 0.717) is 34.5 Å². The Kier molecular flexibility index (Phi) is 7.76. The first-order valence-electron chi connectivity index (χ1n) is 12.6. The number of carbonyl (C=O) groups is 1. The Hall–Kier alpha value is -3.83. The summed E-state index contributed by atoms with van der Waals surface area (Å²) in [4.78, 5) is 30.5. The smallest absolute Gasteiger partial charge is 0.277 e. The molecule has 0 aliphatic rings. The number of pyridine rings is 1. The molecule has 2 aromatic carbocycles. The molecule has 1 amide bonds. The molecule has 0 radical (unpaired) electrons. The van der Waals surface area contributed by atoms with Gasteiger partial charge in [-0.25, -0.2) is 22.9 Å². The molecule has 0 atom stereocenters. The van der Waals surface area contributed by atoms with E-state index in [2.05, 4.69) is 10.3 Å². The number of benzene rings is 2. The number of nitrogens with two attached hydrogens (primary N) is 1. The van der Waals surface area contributed by atoms with Crippen molar-refractivity contribution < 1.29 is 17.6 Å². The summed E-state index contributed by atoms with van der Waals surface area (Å²) in [5.74, 6) is -0.239. The fourth-order valence-corrected chi connectivity index (χ4v) is 5.27. The summed E-state index contributed by atoms with van der Waals surface area (Å²) in [6.45, 7) is 7.43. The standard InChI is InChI=1S/C28H32FN5O4S/c1-5-8-24-31-22-13-14-33(17-25(35)32-28(2,3)4)27(36)26(22)34(24)16-19-12-11-18(15-21(19)29)20-9-6-7-10-23(20)39(30,37)38/h6-7,9-15H,5,8,16-17H2,1-4H3,(H,32,35)(H2,30,37,38). The number of aryl methyl sites for hydroxylation is 1. The second-order valence-electron chi connectivity index (χ2n) is 10.5. The lowest BCUT2D eigenvalue weighted by molar-refractivity contribution is -0.123. The molecule has 0 aliphatic carbocycles. The number of halogens is 1. The van der Waals surface area contributed by atoms with E-state index in [-0.39, 0.29) is 29.4 Å². The molecule has 11 heteroatoms. The van der Waals surface area contributed by atoms with Gasteiger partial charge in [-0.1, -0.05) is 37.3 Å². The molecule has 206 valence electrons. The van der Waals surface area contributed by atoms with E-state index in [9.17, 15) is 18.0 Å². The third-order valence-electron chi connectivity index (χ3n) is 6.14. The number of carbonyl (C=O) groups excluding carboxylic acids is 1. The summed E-state index contributed by atoms with van der Waals surface area (Å²) < 4.78 is 42.5. The molecule has 0 unspecified atom stereocenters. The maximum Gasteiger partial charge on any atom is 0.277 e. The van der Waals surface area contributed by atoms with Crippen LogP contribution >= 0.6 is 0 Å². The first-order valence-corrected chi connectivity index (χ1v) is 14.1. The number of hydrogen-bond acceptors (Lipinski definition) is 5. The Morgan fingerprint density at radius 3 is 2.49 bits per heavy atom. The number of sulfonamides is 1. The minimum Gasteiger partial charge on any atom is -0.350 e. The van der Waals surface area contributed by atoms with Crippen LogP contribution < -0.4 is 16.0 Å². The van der Waals surface area contributed by atoms with Crippen LogP contribution in [0.4, 0.5) is 4.39 Å². The molecule has 4 rings (SSSR count). The molecule has 39 heavy (non-hydrogen) atoms. The third-order valence-corrected chi connectivity index (χ3v) is 7.11. The molecule has 0 saturated carbocycles. The molecular formula is C28H32FN5O4S. The summed E-state index contributed by atoms with van der Waals surface area (Å²) in [6, 6.07) is 12.3. The minimum atomic E-state index is -4.01. The van der Waals surface area contributed by atoms with Gasteiger partial charge in [-0.05, 0) is 51.0 Å². The Labute approximate surface area is 226 Å². The molecule has 0 saturated heterocycles. The van der Waals surface area contributed by atoms with E-state index in [4.69, 9.17) is 5.14 Å². The predicted molar refractivity (Wildman–Crippen MR) is 148 cm³/mol. The maximum absolute atomic E-state index is 15.4. The van der Waals surface area contributed by atoms with Crippen molar-refractivity contribution in [1.82, 2.24) is 19.4 Å². The lowest BCUT2D eigenvalue weighted by Gasteiger charge is -2.20. The molecule has 4 aromatic rings. The number of amides is 1. The number of nitrogens with zero attached hydrogens (tertiary/aromatic N) is 3. The van der Waals surface area contributed by atoms with Crippen LogP contribution in [0.5, 0.6) is 0 Å². The minimum absolute atomic E-state index is 0.0300. The highest BCUT2D eigenvalue weighted by atomic mass is 32.2. The van der Waals surface area contributed by atoms with Crippen LogP contribution in [0.2, 0.25) is 0 Å². The highest BCUT2D eigenvalue weighted by Gasteiger charge is 2.20. The topological polar surface area (TPSA) is 129 Å². The van der Waals surface area contributed by atoms with E-state index in [1.807, 2.05) is 27.7 Å². The zero-order chi connectivity index (χ0) is 28.5. The van der Waals surface area contributed by atoms with Crippen LogP contribution in [-0.4, -0.2) is 34.0 Å². The van der Waals surface area contributed by atoms with Crippen molar-refractivity contribution in [3.63, 3.8) is 0 Å². The number of fused-ring (bicyclic) bond motifs is 1. The molecule has 0 spiro atoms. The molecule has 0 aliphatic heterocycles. The Morgan fingerprint density at radius 1 is 1.13 bits per heavy atom.